The van der Waals surface area contributed by atoms with Crippen LogP contribution in [0.5, 0.6) is 0 Å². The largest absolute Gasteiger partial charge is 0.387 e. The number of halogens is 1. The van der Waals surface area contributed by atoms with Gasteiger partial charge in [0.15, 0.2) is 0 Å². The Kier molecular flexibility index (Phi) is 2.45. The molecule has 0 radical (unpaired) electrons. The van der Waals surface area contributed by atoms with E-state index in [9.17, 15) is 4.48 Å². The van der Waals surface area contributed by atoms with Crippen molar-refractivity contribution in [2.45, 2.75) is 0 Å². The minimum Gasteiger partial charge on any atom is -0.387 e. The van der Waals surface area contributed by atoms with E-state index in [0.29, 0.717) is 11.7 Å². The maximum absolute atomic E-state index is 12.2. The maximum Gasteiger partial charge on any atom is 0.0551 e. The summed E-state index contributed by atoms with van der Waals surface area (Å²) in [7, 11) is 1.41. The molecular weight excluding hydrogens is 131 g/mol. The Morgan fingerprint density at radius 1 is 1.80 bits per heavy atom. The van der Waals surface area contributed by atoms with Crippen molar-refractivity contribution >= 4 is 0 Å². The van der Waals surface area contributed by atoms with Crippen molar-refractivity contribution in [2.24, 2.45) is 0 Å². The molecule has 56 valence electrons. The number of dihydropyridines is 1. The Balaban J connectivity index is 2.40. The van der Waals surface area contributed by atoms with Crippen molar-refractivity contribution in [1.82, 2.24) is 10.4 Å². The Labute approximate surface area is 60.0 Å². The maximum atomic E-state index is 12.2. The Hall–Kier alpha value is -0.830. The predicted molar refractivity (Wildman–Crippen MR) is 39.0 cm³/mol. The molecule has 0 atom stereocenters. The molecule has 2 nitrogen and oxygen atoms in total. The minimum atomic E-state index is 0.351. The van der Waals surface area contributed by atoms with Crippen LogP contribution in [-0.2, 0) is 0 Å². The first-order chi connectivity index (χ1) is 4.79. The van der Waals surface area contributed by atoms with Gasteiger partial charge in [0.2, 0.25) is 0 Å². The van der Waals surface area contributed by atoms with Crippen LogP contribution in [0.25, 0.3) is 0 Å². The van der Waals surface area contributed by atoms with Gasteiger partial charge in [-0.15, -0.1) is 9.60 Å². The summed E-state index contributed by atoms with van der Waals surface area (Å²) in [6.07, 6.45) is 5.72. The Morgan fingerprint density at radius 2 is 2.60 bits per heavy atom. The summed E-state index contributed by atoms with van der Waals surface area (Å²) in [5, 5.41) is 3.65. The van der Waals surface area contributed by atoms with Crippen molar-refractivity contribution in [2.75, 3.05) is 20.1 Å². The van der Waals surface area contributed by atoms with Crippen LogP contribution in [0.2, 0.25) is 0 Å². The second kappa shape index (κ2) is 3.37. The highest BCUT2D eigenvalue weighted by molar-refractivity contribution is 5.22. The third-order valence-electron chi connectivity index (χ3n) is 1.26. The van der Waals surface area contributed by atoms with E-state index in [1.807, 2.05) is 18.4 Å². The lowest BCUT2D eigenvalue weighted by atomic mass is 10.2. The smallest absolute Gasteiger partial charge is 0.0551 e. The first-order valence-corrected chi connectivity index (χ1v) is 3.25. The van der Waals surface area contributed by atoms with E-state index in [1.165, 1.54) is 7.05 Å². The van der Waals surface area contributed by atoms with Crippen molar-refractivity contribution in [3.05, 3.63) is 23.9 Å². The minimum absolute atomic E-state index is 0.351. The van der Waals surface area contributed by atoms with E-state index in [4.69, 9.17) is 0 Å². The van der Waals surface area contributed by atoms with Crippen molar-refractivity contribution in [3.8, 4) is 0 Å². The normalized spacial score (nSPS) is 16.9. The number of nitrogens with one attached hydrogen (secondary N) is 1. The summed E-state index contributed by atoms with van der Waals surface area (Å²) in [5.41, 5.74) is 0.969. The van der Waals surface area contributed by atoms with Gasteiger partial charge in [-0.1, -0.05) is 12.2 Å². The van der Waals surface area contributed by atoms with Gasteiger partial charge in [0.05, 0.1) is 6.54 Å². The molecule has 0 saturated heterocycles. The molecule has 1 aliphatic heterocycles. The first-order valence-electron chi connectivity index (χ1n) is 3.25. The lowest BCUT2D eigenvalue weighted by Crippen LogP contribution is -2.16. The molecule has 1 rings (SSSR count). The highest BCUT2D eigenvalue weighted by atomic mass is 19.2. The van der Waals surface area contributed by atoms with Crippen LogP contribution in [0, 0.1) is 0 Å². The fourth-order valence-corrected chi connectivity index (χ4v) is 0.866. The van der Waals surface area contributed by atoms with Crippen LogP contribution in [0.15, 0.2) is 23.9 Å². The second-order valence-corrected chi connectivity index (χ2v) is 2.29. The molecule has 0 aromatic heterocycles. The summed E-state index contributed by atoms with van der Waals surface area (Å²) >= 11 is 0. The fourth-order valence-electron chi connectivity index (χ4n) is 0.866. The molecule has 0 bridgehead atoms. The molecule has 0 saturated carbocycles. The van der Waals surface area contributed by atoms with Gasteiger partial charge >= 0.3 is 0 Å². The van der Waals surface area contributed by atoms with Gasteiger partial charge in [-0.25, -0.2) is 0 Å². The van der Waals surface area contributed by atoms with Crippen LogP contribution in [0.4, 0.5) is 4.48 Å². The van der Waals surface area contributed by atoms with Crippen LogP contribution < -0.4 is 5.32 Å². The molecule has 0 aromatic rings. The highest BCUT2D eigenvalue weighted by Crippen LogP contribution is 2.01. The number of likely N-dealkylation sites (N-methyl/N-ethyl adjacent to an activating group) is 1. The number of hydrogen-bond acceptors (Lipinski definition) is 2. The zero-order valence-electron chi connectivity index (χ0n) is 5.97. The van der Waals surface area contributed by atoms with Gasteiger partial charge in [-0.2, -0.15) is 0 Å². The molecule has 0 unspecified atom stereocenters. The average Bonchev–Trinajstić information content (AvgIpc) is 1.88. The van der Waals surface area contributed by atoms with Crippen molar-refractivity contribution in [1.29, 1.82) is 0 Å². The van der Waals surface area contributed by atoms with E-state index in [1.54, 1.807) is 0 Å². The van der Waals surface area contributed by atoms with Crippen LogP contribution in [-0.4, -0.2) is 25.3 Å². The SMILES string of the molecule is CN(F)CC1=CNCC=C1. The summed E-state index contributed by atoms with van der Waals surface area (Å²) in [6, 6.07) is 0. The molecule has 3 heteroatoms. The molecular formula is C7H11FN2. The fraction of sp³-hybridized carbons (Fsp3) is 0.429. The number of hydrogen-bond donors (Lipinski definition) is 1. The topological polar surface area (TPSA) is 15.3 Å². The molecule has 1 aliphatic rings. The molecule has 10 heavy (non-hydrogen) atoms. The van der Waals surface area contributed by atoms with Crippen molar-refractivity contribution < 1.29 is 4.48 Å². The molecule has 1 heterocycles. The average molecular weight is 142 g/mol. The first kappa shape index (κ1) is 7.28. The monoisotopic (exact) mass is 142 g/mol. The third kappa shape index (κ3) is 2.19. The number of nitrogens with zero attached hydrogens (tertiary/aromatic N) is 1. The van der Waals surface area contributed by atoms with Gasteiger partial charge in [0, 0.05) is 19.8 Å². The molecule has 0 aliphatic carbocycles. The lowest BCUT2D eigenvalue weighted by Gasteiger charge is -2.09. The predicted octanol–water partition coefficient (Wildman–Crippen LogP) is 0.846. The Morgan fingerprint density at radius 3 is 3.10 bits per heavy atom. The van der Waals surface area contributed by atoms with Crippen LogP contribution in [0.1, 0.15) is 0 Å². The van der Waals surface area contributed by atoms with Crippen LogP contribution in [0.3, 0.4) is 0 Å². The van der Waals surface area contributed by atoms with Gasteiger partial charge in [0.1, 0.15) is 0 Å². The summed E-state index contributed by atoms with van der Waals surface area (Å²) in [6.45, 7) is 1.20. The second-order valence-electron chi connectivity index (χ2n) is 2.29. The van der Waals surface area contributed by atoms with E-state index in [2.05, 4.69) is 5.32 Å². The molecule has 1 N–H and O–H groups in total. The van der Waals surface area contributed by atoms with E-state index in [-0.39, 0.29) is 0 Å². The van der Waals surface area contributed by atoms with E-state index >= 15 is 0 Å². The number of rotatable bonds is 2. The van der Waals surface area contributed by atoms with Gasteiger partial charge < -0.3 is 5.32 Å². The highest BCUT2D eigenvalue weighted by Gasteiger charge is 1.99. The molecule has 0 aromatic carbocycles. The lowest BCUT2D eigenvalue weighted by molar-refractivity contribution is 0.0736. The molecule has 0 spiro atoms. The van der Waals surface area contributed by atoms with E-state index < -0.39 is 0 Å². The standard InChI is InChI=1S/C7H11FN2/c1-10(8)6-7-3-2-4-9-5-7/h2-3,5,9H,4,6H2,1H3. The molecule has 0 amide bonds. The van der Waals surface area contributed by atoms with Crippen molar-refractivity contribution in [3.63, 3.8) is 0 Å². The van der Waals surface area contributed by atoms with Gasteiger partial charge in [-0.3, -0.25) is 0 Å². The third-order valence-corrected chi connectivity index (χ3v) is 1.26. The quantitative estimate of drug-likeness (QED) is 0.575. The van der Waals surface area contributed by atoms with Crippen LogP contribution >= 0.6 is 0 Å². The zero-order chi connectivity index (χ0) is 7.40. The summed E-state index contributed by atoms with van der Waals surface area (Å²) in [4.78, 5) is 0. The summed E-state index contributed by atoms with van der Waals surface area (Å²) in [5.74, 6) is 0. The zero-order valence-corrected chi connectivity index (χ0v) is 5.97. The van der Waals surface area contributed by atoms with Gasteiger partial charge in [0.25, 0.3) is 0 Å². The Bertz CT molecular complexity index is 161. The van der Waals surface area contributed by atoms with E-state index in [0.717, 1.165) is 12.1 Å². The summed E-state index contributed by atoms with van der Waals surface area (Å²) < 4.78 is 12.2. The molecule has 0 fully saturated rings. The van der Waals surface area contributed by atoms with Gasteiger partial charge in [-0.05, 0) is 5.57 Å².